The number of rotatable bonds is 5. The average Bonchev–Trinajstić information content (AvgIpc) is 2.44. The molecule has 0 heterocycles. The van der Waals surface area contributed by atoms with Crippen LogP contribution in [0.3, 0.4) is 0 Å². The van der Waals surface area contributed by atoms with E-state index in [1.54, 1.807) is 7.11 Å². The van der Waals surface area contributed by atoms with Gasteiger partial charge < -0.3 is 14.8 Å². The molecule has 0 aromatic heterocycles. The van der Waals surface area contributed by atoms with Crippen molar-refractivity contribution in [1.82, 2.24) is 5.32 Å². The number of nitrogens with one attached hydrogen (secondary N) is 1. The standard InChI is InChI=1S/C15H15Br2NO2/c1-18-9-10-3-5-14(12(16)7-10)20-15-6-4-11(19-2)8-13(15)17/h3-8,18H,9H2,1-2H3. The van der Waals surface area contributed by atoms with Gasteiger partial charge in [0.2, 0.25) is 0 Å². The molecule has 5 heteroatoms. The Morgan fingerprint density at radius 2 is 1.65 bits per heavy atom. The molecule has 0 atom stereocenters. The highest BCUT2D eigenvalue weighted by Crippen LogP contribution is 2.36. The van der Waals surface area contributed by atoms with Crippen molar-refractivity contribution < 1.29 is 9.47 Å². The molecule has 1 N–H and O–H groups in total. The first-order valence-electron chi connectivity index (χ1n) is 6.08. The van der Waals surface area contributed by atoms with Crippen LogP contribution in [0, 0.1) is 0 Å². The Hall–Kier alpha value is -1.04. The largest absolute Gasteiger partial charge is 0.497 e. The van der Waals surface area contributed by atoms with Crippen molar-refractivity contribution in [3.63, 3.8) is 0 Å². The van der Waals surface area contributed by atoms with Crippen molar-refractivity contribution >= 4 is 31.9 Å². The van der Waals surface area contributed by atoms with E-state index in [2.05, 4.69) is 37.2 Å². The first-order valence-corrected chi connectivity index (χ1v) is 7.67. The Morgan fingerprint density at radius 1 is 1.00 bits per heavy atom. The molecule has 0 saturated heterocycles. The van der Waals surface area contributed by atoms with Gasteiger partial charge in [-0.25, -0.2) is 0 Å². The van der Waals surface area contributed by atoms with Crippen LogP contribution >= 0.6 is 31.9 Å². The summed E-state index contributed by atoms with van der Waals surface area (Å²) in [5, 5.41) is 3.12. The topological polar surface area (TPSA) is 30.5 Å². The smallest absolute Gasteiger partial charge is 0.141 e. The fraction of sp³-hybridized carbons (Fsp3) is 0.200. The molecular formula is C15H15Br2NO2. The van der Waals surface area contributed by atoms with Crippen LogP contribution in [0.4, 0.5) is 0 Å². The van der Waals surface area contributed by atoms with E-state index in [4.69, 9.17) is 9.47 Å². The third-order valence-corrected chi connectivity index (χ3v) is 3.98. The lowest BCUT2D eigenvalue weighted by Gasteiger charge is -2.11. The molecule has 0 fully saturated rings. The second-order valence-electron chi connectivity index (χ2n) is 4.19. The highest BCUT2D eigenvalue weighted by Gasteiger charge is 2.08. The summed E-state index contributed by atoms with van der Waals surface area (Å²) in [4.78, 5) is 0. The van der Waals surface area contributed by atoms with Crippen molar-refractivity contribution in [1.29, 1.82) is 0 Å². The molecule has 0 amide bonds. The SMILES string of the molecule is CNCc1ccc(Oc2ccc(OC)cc2Br)c(Br)c1. The van der Waals surface area contributed by atoms with E-state index in [1.807, 2.05) is 43.4 Å². The van der Waals surface area contributed by atoms with Crippen molar-refractivity contribution in [3.8, 4) is 17.2 Å². The number of hydrogen-bond donors (Lipinski definition) is 1. The summed E-state index contributed by atoms with van der Waals surface area (Å²) in [5.41, 5.74) is 1.19. The second kappa shape index (κ2) is 7.11. The predicted octanol–water partition coefficient (Wildman–Crippen LogP) is 4.73. The van der Waals surface area contributed by atoms with Gasteiger partial charge in [0.1, 0.15) is 17.2 Å². The van der Waals surface area contributed by atoms with Gasteiger partial charge in [-0.3, -0.25) is 0 Å². The Morgan fingerprint density at radius 3 is 2.20 bits per heavy atom. The predicted molar refractivity (Wildman–Crippen MR) is 87.7 cm³/mol. The molecule has 2 rings (SSSR count). The summed E-state index contributed by atoms with van der Waals surface area (Å²) >= 11 is 7.01. The van der Waals surface area contributed by atoms with Crippen molar-refractivity contribution in [2.24, 2.45) is 0 Å². The second-order valence-corrected chi connectivity index (χ2v) is 5.90. The lowest BCUT2D eigenvalue weighted by atomic mass is 10.2. The third kappa shape index (κ3) is 3.75. The van der Waals surface area contributed by atoms with Crippen LogP contribution in [0.1, 0.15) is 5.56 Å². The van der Waals surface area contributed by atoms with Crippen LogP contribution in [0.5, 0.6) is 17.2 Å². The molecule has 0 aliphatic heterocycles. The number of ether oxygens (including phenoxy) is 2. The molecule has 0 spiro atoms. The maximum Gasteiger partial charge on any atom is 0.141 e. The summed E-state index contributed by atoms with van der Waals surface area (Å²) < 4.78 is 12.8. The molecule has 3 nitrogen and oxygen atoms in total. The lowest BCUT2D eigenvalue weighted by Crippen LogP contribution is -2.04. The van der Waals surface area contributed by atoms with Crippen molar-refractivity contribution in [3.05, 3.63) is 50.9 Å². The van der Waals surface area contributed by atoms with Gasteiger partial charge in [-0.2, -0.15) is 0 Å². The summed E-state index contributed by atoms with van der Waals surface area (Å²) in [6, 6.07) is 11.6. The first kappa shape index (κ1) is 15.4. The van der Waals surface area contributed by atoms with Crippen LogP contribution in [-0.4, -0.2) is 14.2 Å². The van der Waals surface area contributed by atoms with Gasteiger partial charge in [-0.15, -0.1) is 0 Å². The zero-order valence-corrected chi connectivity index (χ0v) is 14.4. The Bertz CT molecular complexity index is 602. The van der Waals surface area contributed by atoms with Crippen LogP contribution in [0.15, 0.2) is 45.3 Å². The summed E-state index contributed by atoms with van der Waals surface area (Å²) in [6.07, 6.45) is 0. The Labute approximate surface area is 135 Å². The van der Waals surface area contributed by atoms with Crippen LogP contribution in [0.25, 0.3) is 0 Å². The van der Waals surface area contributed by atoms with Crippen LogP contribution < -0.4 is 14.8 Å². The van der Waals surface area contributed by atoms with E-state index in [1.165, 1.54) is 5.56 Å². The minimum atomic E-state index is 0.743. The summed E-state index contributed by atoms with van der Waals surface area (Å²) in [6.45, 7) is 0.825. The molecule has 0 aliphatic rings. The number of hydrogen-bond acceptors (Lipinski definition) is 3. The van der Waals surface area contributed by atoms with Crippen molar-refractivity contribution in [2.75, 3.05) is 14.2 Å². The number of methoxy groups -OCH3 is 1. The van der Waals surface area contributed by atoms with Crippen molar-refractivity contribution in [2.45, 2.75) is 6.54 Å². The minimum Gasteiger partial charge on any atom is -0.497 e. The van der Waals surface area contributed by atoms with Gasteiger partial charge in [0.15, 0.2) is 0 Å². The van der Waals surface area contributed by atoms with Gasteiger partial charge in [0.05, 0.1) is 16.1 Å². The third-order valence-electron chi connectivity index (χ3n) is 2.74. The zero-order chi connectivity index (χ0) is 14.5. The maximum atomic E-state index is 5.90. The Balaban J connectivity index is 2.21. The summed E-state index contributed by atoms with van der Waals surface area (Å²) in [5.74, 6) is 2.30. The van der Waals surface area contributed by atoms with Gasteiger partial charge in [0, 0.05) is 6.54 Å². The first-order chi connectivity index (χ1) is 9.63. The number of benzene rings is 2. The van der Waals surface area contributed by atoms with Gasteiger partial charge in [-0.1, -0.05) is 6.07 Å². The van der Waals surface area contributed by atoms with E-state index < -0.39 is 0 Å². The summed E-state index contributed by atoms with van der Waals surface area (Å²) in [7, 11) is 3.56. The van der Waals surface area contributed by atoms with Crippen LogP contribution in [0.2, 0.25) is 0 Å². The molecule has 20 heavy (non-hydrogen) atoms. The molecule has 2 aromatic carbocycles. The van der Waals surface area contributed by atoms with Gasteiger partial charge >= 0.3 is 0 Å². The average molecular weight is 401 g/mol. The minimum absolute atomic E-state index is 0.743. The number of halogens is 2. The Kier molecular flexibility index (Phi) is 5.46. The maximum absolute atomic E-state index is 5.90. The quantitative estimate of drug-likeness (QED) is 0.786. The fourth-order valence-electron chi connectivity index (χ4n) is 1.75. The van der Waals surface area contributed by atoms with E-state index in [-0.39, 0.29) is 0 Å². The van der Waals surface area contributed by atoms with Gasteiger partial charge in [0.25, 0.3) is 0 Å². The van der Waals surface area contributed by atoms with Gasteiger partial charge in [-0.05, 0) is 74.8 Å². The molecule has 0 aliphatic carbocycles. The van der Waals surface area contributed by atoms with E-state index in [9.17, 15) is 0 Å². The molecule has 0 saturated carbocycles. The molecule has 0 radical (unpaired) electrons. The normalized spacial score (nSPS) is 10.4. The molecule has 2 aromatic rings. The lowest BCUT2D eigenvalue weighted by molar-refractivity contribution is 0.412. The molecule has 0 unspecified atom stereocenters. The highest BCUT2D eigenvalue weighted by atomic mass is 79.9. The molecule has 106 valence electrons. The zero-order valence-electron chi connectivity index (χ0n) is 11.2. The van der Waals surface area contributed by atoms with E-state index in [0.29, 0.717) is 0 Å². The monoisotopic (exact) mass is 399 g/mol. The van der Waals surface area contributed by atoms with Crippen LogP contribution in [-0.2, 0) is 6.54 Å². The molecular weight excluding hydrogens is 386 g/mol. The highest BCUT2D eigenvalue weighted by molar-refractivity contribution is 9.11. The molecule has 0 bridgehead atoms. The van der Waals surface area contributed by atoms with E-state index >= 15 is 0 Å². The fourth-order valence-corrected chi connectivity index (χ4v) is 2.70. The van der Waals surface area contributed by atoms with E-state index in [0.717, 1.165) is 32.7 Å².